The molecule has 2 aromatic carbocycles. The van der Waals surface area contributed by atoms with Gasteiger partial charge in [-0.15, -0.1) is 23.1 Å². The number of hydrogen-bond acceptors (Lipinski definition) is 6. The minimum atomic E-state index is -0.324. The van der Waals surface area contributed by atoms with Crippen LogP contribution >= 0.6 is 23.1 Å². The lowest BCUT2D eigenvalue weighted by Crippen LogP contribution is -2.23. The molecule has 2 heterocycles. The van der Waals surface area contributed by atoms with Crippen molar-refractivity contribution in [2.24, 2.45) is 0 Å². The molecule has 4 rings (SSSR count). The van der Waals surface area contributed by atoms with E-state index in [0.29, 0.717) is 33.2 Å². The van der Waals surface area contributed by atoms with Crippen molar-refractivity contribution in [2.45, 2.75) is 17.9 Å². The van der Waals surface area contributed by atoms with Crippen molar-refractivity contribution in [2.75, 3.05) is 12.4 Å². The van der Waals surface area contributed by atoms with Gasteiger partial charge in [0.25, 0.3) is 5.56 Å². The molecule has 0 fully saturated rings. The SMILES string of the molecule is COc1cccc(NC(=O)C(C)SCc2nc3scc(-c4ccccc4)c3c(=O)[nH]2)c1. The molecule has 2 N–H and O–H groups in total. The molecular weight excluding hydrogens is 430 g/mol. The Labute approximate surface area is 187 Å². The number of amides is 1. The monoisotopic (exact) mass is 451 g/mol. The largest absolute Gasteiger partial charge is 0.497 e. The van der Waals surface area contributed by atoms with Crippen LogP contribution in [0.3, 0.4) is 0 Å². The van der Waals surface area contributed by atoms with Crippen LogP contribution in [0, 0.1) is 0 Å². The molecular formula is C23H21N3O3S2. The van der Waals surface area contributed by atoms with Gasteiger partial charge in [-0.25, -0.2) is 4.98 Å². The molecule has 0 aliphatic heterocycles. The van der Waals surface area contributed by atoms with Crippen molar-refractivity contribution in [3.8, 4) is 16.9 Å². The Balaban J connectivity index is 1.45. The number of thiophene rings is 1. The molecule has 1 unspecified atom stereocenters. The second-order valence-electron chi connectivity index (χ2n) is 6.88. The van der Waals surface area contributed by atoms with Crippen molar-refractivity contribution in [1.82, 2.24) is 9.97 Å². The number of anilines is 1. The number of carbonyl (C=O) groups excluding carboxylic acids is 1. The third-order valence-electron chi connectivity index (χ3n) is 4.75. The van der Waals surface area contributed by atoms with Crippen LogP contribution in [-0.2, 0) is 10.5 Å². The first-order valence-electron chi connectivity index (χ1n) is 9.67. The fourth-order valence-corrected chi connectivity index (χ4v) is 4.84. The molecule has 0 spiro atoms. The van der Waals surface area contributed by atoms with E-state index in [2.05, 4.69) is 15.3 Å². The number of carbonyl (C=O) groups is 1. The van der Waals surface area contributed by atoms with Gasteiger partial charge in [0.1, 0.15) is 16.4 Å². The molecule has 1 amide bonds. The average Bonchev–Trinajstić information content (AvgIpc) is 3.23. The van der Waals surface area contributed by atoms with Gasteiger partial charge < -0.3 is 15.0 Å². The lowest BCUT2D eigenvalue weighted by molar-refractivity contribution is -0.115. The highest BCUT2D eigenvalue weighted by atomic mass is 32.2. The standard InChI is InChI=1S/C23H21N3O3S2/c1-14(21(27)24-16-9-6-10-17(11-16)29-2)30-13-19-25-22(28)20-18(12-31-23(20)26-19)15-7-4-3-5-8-15/h3-12,14H,13H2,1-2H3,(H,24,27)(H,25,26,28). The van der Waals surface area contributed by atoms with Crippen molar-refractivity contribution < 1.29 is 9.53 Å². The van der Waals surface area contributed by atoms with Crippen molar-refractivity contribution >= 4 is 44.9 Å². The van der Waals surface area contributed by atoms with Gasteiger partial charge in [0.2, 0.25) is 5.91 Å². The maximum Gasteiger partial charge on any atom is 0.260 e. The Morgan fingerprint density at radius 2 is 2.03 bits per heavy atom. The van der Waals surface area contributed by atoms with Crippen LogP contribution in [0.2, 0.25) is 0 Å². The highest BCUT2D eigenvalue weighted by molar-refractivity contribution is 7.99. The predicted octanol–water partition coefficient (Wildman–Crippen LogP) is 4.92. The summed E-state index contributed by atoms with van der Waals surface area (Å²) < 4.78 is 5.18. The Morgan fingerprint density at radius 3 is 2.81 bits per heavy atom. The van der Waals surface area contributed by atoms with Crippen LogP contribution in [0.4, 0.5) is 5.69 Å². The molecule has 1 atom stereocenters. The summed E-state index contributed by atoms with van der Waals surface area (Å²) in [6.45, 7) is 1.83. The van der Waals surface area contributed by atoms with Crippen LogP contribution in [0.1, 0.15) is 12.7 Å². The predicted molar refractivity (Wildman–Crippen MR) is 128 cm³/mol. The first kappa shape index (κ1) is 21.1. The number of methoxy groups -OCH3 is 1. The van der Waals surface area contributed by atoms with E-state index in [9.17, 15) is 9.59 Å². The molecule has 8 heteroatoms. The Morgan fingerprint density at radius 1 is 1.23 bits per heavy atom. The molecule has 2 aromatic heterocycles. The van der Waals surface area contributed by atoms with Crippen LogP contribution < -0.4 is 15.6 Å². The van der Waals surface area contributed by atoms with Gasteiger partial charge >= 0.3 is 0 Å². The molecule has 4 aromatic rings. The number of ether oxygens (including phenoxy) is 1. The summed E-state index contributed by atoms with van der Waals surface area (Å²) in [4.78, 5) is 33.4. The van der Waals surface area contributed by atoms with Gasteiger partial charge in [-0.2, -0.15) is 0 Å². The van der Waals surface area contributed by atoms with Gasteiger partial charge in [-0.05, 0) is 24.6 Å². The lowest BCUT2D eigenvalue weighted by Gasteiger charge is -2.12. The highest BCUT2D eigenvalue weighted by Crippen LogP contribution is 2.31. The zero-order chi connectivity index (χ0) is 21.8. The number of aromatic nitrogens is 2. The number of benzene rings is 2. The van der Waals surface area contributed by atoms with Gasteiger partial charge in [-0.1, -0.05) is 36.4 Å². The minimum Gasteiger partial charge on any atom is -0.497 e. The fourth-order valence-electron chi connectivity index (χ4n) is 3.12. The van der Waals surface area contributed by atoms with Crippen LogP contribution in [0.25, 0.3) is 21.3 Å². The fraction of sp³-hybridized carbons (Fsp3) is 0.174. The third-order valence-corrected chi connectivity index (χ3v) is 6.78. The topological polar surface area (TPSA) is 84.1 Å². The van der Waals surface area contributed by atoms with E-state index in [0.717, 1.165) is 11.1 Å². The Hall–Kier alpha value is -3.10. The lowest BCUT2D eigenvalue weighted by atomic mass is 10.1. The minimum absolute atomic E-state index is 0.121. The van der Waals surface area contributed by atoms with E-state index >= 15 is 0 Å². The van der Waals surface area contributed by atoms with E-state index in [-0.39, 0.29) is 16.7 Å². The number of nitrogens with zero attached hydrogens (tertiary/aromatic N) is 1. The summed E-state index contributed by atoms with van der Waals surface area (Å²) in [7, 11) is 1.58. The van der Waals surface area contributed by atoms with E-state index in [1.165, 1.54) is 23.1 Å². The van der Waals surface area contributed by atoms with Gasteiger partial charge in [-0.3, -0.25) is 9.59 Å². The molecule has 158 valence electrons. The second kappa shape index (κ2) is 9.36. The van der Waals surface area contributed by atoms with Crippen LogP contribution in [0.15, 0.2) is 64.8 Å². The molecule has 0 bridgehead atoms. The summed E-state index contributed by atoms with van der Waals surface area (Å²) in [6.07, 6.45) is 0. The summed E-state index contributed by atoms with van der Waals surface area (Å²) in [6, 6.07) is 17.0. The number of H-pyrrole nitrogens is 1. The summed E-state index contributed by atoms with van der Waals surface area (Å²) in [5.41, 5.74) is 2.40. The Kier molecular flexibility index (Phi) is 6.39. The first-order chi connectivity index (χ1) is 15.0. The molecule has 6 nitrogen and oxygen atoms in total. The normalized spacial score (nSPS) is 11.9. The number of nitrogens with one attached hydrogen (secondary N) is 2. The summed E-state index contributed by atoms with van der Waals surface area (Å²) >= 11 is 2.87. The molecule has 0 saturated heterocycles. The highest BCUT2D eigenvalue weighted by Gasteiger charge is 2.17. The molecule has 31 heavy (non-hydrogen) atoms. The third kappa shape index (κ3) is 4.81. The zero-order valence-electron chi connectivity index (χ0n) is 17.0. The average molecular weight is 452 g/mol. The number of aromatic amines is 1. The molecule has 0 aliphatic rings. The van der Waals surface area contributed by atoms with Crippen LogP contribution in [-0.4, -0.2) is 28.2 Å². The van der Waals surface area contributed by atoms with E-state index < -0.39 is 0 Å². The quantitative estimate of drug-likeness (QED) is 0.417. The van der Waals surface area contributed by atoms with E-state index in [4.69, 9.17) is 4.74 Å². The number of fused-ring (bicyclic) bond motifs is 1. The smallest absolute Gasteiger partial charge is 0.260 e. The van der Waals surface area contributed by atoms with Crippen LogP contribution in [0.5, 0.6) is 5.75 Å². The van der Waals surface area contributed by atoms with E-state index in [1.807, 2.05) is 60.8 Å². The van der Waals surface area contributed by atoms with Crippen molar-refractivity contribution in [1.29, 1.82) is 0 Å². The second-order valence-corrected chi connectivity index (χ2v) is 9.07. The summed E-state index contributed by atoms with van der Waals surface area (Å²) in [5.74, 6) is 1.55. The van der Waals surface area contributed by atoms with Crippen molar-refractivity contribution in [3.05, 3.63) is 76.2 Å². The first-order valence-corrected chi connectivity index (χ1v) is 11.6. The zero-order valence-corrected chi connectivity index (χ0v) is 18.7. The maximum absolute atomic E-state index is 12.7. The summed E-state index contributed by atoms with van der Waals surface area (Å²) in [5, 5.41) is 5.13. The number of rotatable bonds is 7. The Bertz CT molecular complexity index is 1270. The number of hydrogen-bond donors (Lipinski definition) is 2. The van der Waals surface area contributed by atoms with E-state index in [1.54, 1.807) is 13.2 Å². The van der Waals surface area contributed by atoms with Gasteiger partial charge in [0.05, 0.1) is 23.5 Å². The van der Waals surface area contributed by atoms with Gasteiger partial charge in [0.15, 0.2) is 0 Å². The maximum atomic E-state index is 12.7. The molecule has 0 saturated carbocycles. The molecule has 0 radical (unpaired) electrons. The van der Waals surface area contributed by atoms with Crippen molar-refractivity contribution in [3.63, 3.8) is 0 Å². The van der Waals surface area contributed by atoms with Gasteiger partial charge in [0, 0.05) is 22.7 Å². The number of thioether (sulfide) groups is 1. The molecule has 0 aliphatic carbocycles.